The molecule has 0 unspecified atom stereocenters. The van der Waals surface area contributed by atoms with E-state index in [4.69, 9.17) is 4.98 Å². The maximum absolute atomic E-state index is 12.2. The molecule has 1 aromatic carbocycles. The Morgan fingerprint density at radius 2 is 2.07 bits per heavy atom. The average molecular weight is 407 g/mol. The maximum atomic E-state index is 12.2. The molecular formula is C24H30N4O2. The number of pyridine rings is 1. The number of carbonyl (C=O) groups excluding carboxylic acids is 1. The Labute approximate surface area is 177 Å². The normalized spacial score (nSPS) is 16.9. The SMILES string of the molecule is CCc1ccc2nc(-c3cc(C)c(=O)n(C)c3)n(C[C@H]3CCCN(C(C)=O)C3)c2c1. The molecule has 0 spiro atoms. The molecule has 0 radical (unpaired) electrons. The molecule has 3 heterocycles. The molecule has 1 aliphatic rings. The van der Waals surface area contributed by atoms with Crippen LogP contribution in [-0.4, -0.2) is 38.0 Å². The number of hydrogen-bond acceptors (Lipinski definition) is 3. The first-order valence-corrected chi connectivity index (χ1v) is 10.8. The third kappa shape index (κ3) is 3.78. The Kier molecular flexibility index (Phi) is 5.50. The zero-order valence-electron chi connectivity index (χ0n) is 18.3. The summed E-state index contributed by atoms with van der Waals surface area (Å²) in [5.74, 6) is 1.42. The molecule has 0 aliphatic carbocycles. The van der Waals surface area contributed by atoms with Gasteiger partial charge in [-0.2, -0.15) is 0 Å². The lowest BCUT2D eigenvalue weighted by Gasteiger charge is -2.32. The predicted molar refractivity (Wildman–Crippen MR) is 120 cm³/mol. The molecule has 3 aromatic rings. The molecule has 1 atom stereocenters. The van der Waals surface area contributed by atoms with Crippen LogP contribution in [0.25, 0.3) is 22.4 Å². The number of aromatic nitrogens is 3. The van der Waals surface area contributed by atoms with Crippen molar-refractivity contribution in [1.82, 2.24) is 19.0 Å². The highest BCUT2D eigenvalue weighted by atomic mass is 16.2. The summed E-state index contributed by atoms with van der Waals surface area (Å²) in [5, 5.41) is 0. The van der Waals surface area contributed by atoms with Crippen molar-refractivity contribution in [2.45, 2.75) is 46.6 Å². The Morgan fingerprint density at radius 1 is 1.27 bits per heavy atom. The molecule has 30 heavy (non-hydrogen) atoms. The number of amides is 1. The maximum Gasteiger partial charge on any atom is 0.253 e. The number of likely N-dealkylation sites (tertiary alicyclic amines) is 1. The van der Waals surface area contributed by atoms with Crippen molar-refractivity contribution < 1.29 is 4.79 Å². The number of piperidine rings is 1. The molecular weight excluding hydrogens is 376 g/mol. The summed E-state index contributed by atoms with van der Waals surface area (Å²) in [5.41, 5.74) is 5.04. The van der Waals surface area contributed by atoms with Crippen LogP contribution < -0.4 is 5.56 Å². The number of fused-ring (bicyclic) bond motifs is 1. The highest BCUT2D eigenvalue weighted by molar-refractivity contribution is 5.81. The minimum absolute atomic E-state index is 0.0130. The molecule has 1 fully saturated rings. The van der Waals surface area contributed by atoms with Crippen LogP contribution in [-0.2, 0) is 24.8 Å². The lowest BCUT2D eigenvalue weighted by Crippen LogP contribution is -2.39. The summed E-state index contributed by atoms with van der Waals surface area (Å²) in [7, 11) is 1.78. The summed E-state index contributed by atoms with van der Waals surface area (Å²) in [4.78, 5) is 31.0. The van der Waals surface area contributed by atoms with Gasteiger partial charge in [0.1, 0.15) is 5.82 Å². The highest BCUT2D eigenvalue weighted by Crippen LogP contribution is 2.29. The van der Waals surface area contributed by atoms with Crippen LogP contribution in [0.15, 0.2) is 35.3 Å². The van der Waals surface area contributed by atoms with Crippen molar-refractivity contribution in [2.24, 2.45) is 13.0 Å². The zero-order valence-corrected chi connectivity index (χ0v) is 18.3. The zero-order chi connectivity index (χ0) is 21.4. The lowest BCUT2D eigenvalue weighted by atomic mass is 9.97. The Morgan fingerprint density at radius 3 is 2.77 bits per heavy atom. The van der Waals surface area contributed by atoms with E-state index in [1.54, 1.807) is 18.5 Å². The van der Waals surface area contributed by atoms with Crippen molar-refractivity contribution >= 4 is 16.9 Å². The molecule has 0 saturated carbocycles. The summed E-state index contributed by atoms with van der Waals surface area (Å²) in [6.45, 7) is 8.11. The van der Waals surface area contributed by atoms with Gasteiger partial charge in [-0.3, -0.25) is 9.59 Å². The summed E-state index contributed by atoms with van der Waals surface area (Å²) < 4.78 is 3.92. The van der Waals surface area contributed by atoms with E-state index < -0.39 is 0 Å². The van der Waals surface area contributed by atoms with Gasteiger partial charge in [0.2, 0.25) is 5.91 Å². The van der Waals surface area contributed by atoms with Crippen LogP contribution in [0.4, 0.5) is 0 Å². The number of rotatable bonds is 4. The van der Waals surface area contributed by atoms with Crippen molar-refractivity contribution in [1.29, 1.82) is 0 Å². The van der Waals surface area contributed by atoms with E-state index in [-0.39, 0.29) is 11.5 Å². The van der Waals surface area contributed by atoms with Crippen LogP contribution in [0, 0.1) is 12.8 Å². The number of nitrogens with zero attached hydrogens (tertiary/aromatic N) is 4. The van der Waals surface area contributed by atoms with Crippen molar-refractivity contribution in [2.75, 3.05) is 13.1 Å². The quantitative estimate of drug-likeness (QED) is 0.666. The standard InChI is InChI=1S/C24H30N4O2/c1-5-18-8-9-21-22(12-18)28(14-19-7-6-10-27(13-19)17(3)29)23(25-21)20-11-16(2)24(30)26(4)15-20/h8-9,11-12,15,19H,5-7,10,13-14H2,1-4H3/t19-/m0/s1. The molecule has 1 saturated heterocycles. The van der Waals surface area contributed by atoms with E-state index in [1.807, 2.05) is 24.1 Å². The van der Waals surface area contributed by atoms with Gasteiger partial charge >= 0.3 is 0 Å². The Hall–Kier alpha value is -2.89. The Balaban J connectivity index is 1.82. The molecule has 1 aliphatic heterocycles. The van der Waals surface area contributed by atoms with Gasteiger partial charge in [0.25, 0.3) is 5.56 Å². The lowest BCUT2D eigenvalue weighted by molar-refractivity contribution is -0.130. The molecule has 0 bridgehead atoms. The first-order chi connectivity index (χ1) is 14.4. The Bertz CT molecular complexity index is 1130. The van der Waals surface area contributed by atoms with Crippen molar-refractivity contribution in [3.63, 3.8) is 0 Å². The van der Waals surface area contributed by atoms with Gasteiger partial charge in [-0.1, -0.05) is 13.0 Å². The number of imidazole rings is 1. The van der Waals surface area contributed by atoms with Crippen LogP contribution in [0.1, 0.15) is 37.8 Å². The van der Waals surface area contributed by atoms with Crippen LogP contribution in [0.5, 0.6) is 0 Å². The van der Waals surface area contributed by atoms with E-state index in [1.165, 1.54) is 5.56 Å². The van der Waals surface area contributed by atoms with Crippen LogP contribution in [0.2, 0.25) is 0 Å². The molecule has 158 valence electrons. The largest absolute Gasteiger partial charge is 0.343 e. The van der Waals surface area contributed by atoms with E-state index in [2.05, 4.69) is 29.7 Å². The topological polar surface area (TPSA) is 60.1 Å². The highest BCUT2D eigenvalue weighted by Gasteiger charge is 2.24. The van der Waals surface area contributed by atoms with Gasteiger partial charge in [-0.15, -0.1) is 0 Å². The first-order valence-electron chi connectivity index (χ1n) is 10.8. The first kappa shape index (κ1) is 20.4. The second kappa shape index (κ2) is 8.09. The second-order valence-corrected chi connectivity index (χ2v) is 8.52. The van der Waals surface area contributed by atoms with E-state index in [0.717, 1.165) is 61.3 Å². The molecule has 0 N–H and O–H groups in total. The second-order valence-electron chi connectivity index (χ2n) is 8.52. The van der Waals surface area contributed by atoms with Gasteiger partial charge < -0.3 is 14.0 Å². The summed E-state index contributed by atoms with van der Waals surface area (Å²) >= 11 is 0. The fraction of sp³-hybridized carbons (Fsp3) is 0.458. The summed E-state index contributed by atoms with van der Waals surface area (Å²) in [6.07, 6.45) is 4.97. The van der Waals surface area contributed by atoms with Gasteiger partial charge in [0.05, 0.1) is 11.0 Å². The van der Waals surface area contributed by atoms with E-state index in [9.17, 15) is 9.59 Å². The third-order valence-electron chi connectivity index (χ3n) is 6.25. The van der Waals surface area contributed by atoms with E-state index in [0.29, 0.717) is 11.5 Å². The number of benzene rings is 1. The molecule has 6 heteroatoms. The fourth-order valence-electron chi connectivity index (χ4n) is 4.55. The fourth-order valence-corrected chi connectivity index (χ4v) is 4.55. The van der Waals surface area contributed by atoms with E-state index >= 15 is 0 Å². The number of hydrogen-bond donors (Lipinski definition) is 0. The van der Waals surface area contributed by atoms with Gasteiger partial charge in [0.15, 0.2) is 0 Å². The minimum atomic E-state index is 0.0130. The molecule has 6 nitrogen and oxygen atoms in total. The van der Waals surface area contributed by atoms with Crippen LogP contribution in [0.3, 0.4) is 0 Å². The molecule has 2 aromatic heterocycles. The third-order valence-corrected chi connectivity index (χ3v) is 6.25. The van der Waals surface area contributed by atoms with Crippen LogP contribution >= 0.6 is 0 Å². The average Bonchev–Trinajstić information content (AvgIpc) is 3.09. The summed E-state index contributed by atoms with van der Waals surface area (Å²) in [6, 6.07) is 8.38. The number of aryl methyl sites for hydroxylation is 3. The van der Waals surface area contributed by atoms with Crippen molar-refractivity contribution in [3.05, 3.63) is 51.9 Å². The van der Waals surface area contributed by atoms with Gasteiger partial charge in [0, 0.05) is 50.9 Å². The molecule has 4 rings (SSSR count). The number of carbonyl (C=O) groups is 1. The molecule has 1 amide bonds. The van der Waals surface area contributed by atoms with Gasteiger partial charge in [-0.05, 0) is 55.9 Å². The smallest absolute Gasteiger partial charge is 0.253 e. The predicted octanol–water partition coefficient (Wildman–Crippen LogP) is 3.53. The van der Waals surface area contributed by atoms with Gasteiger partial charge in [-0.25, -0.2) is 4.98 Å². The monoisotopic (exact) mass is 406 g/mol. The minimum Gasteiger partial charge on any atom is -0.343 e. The van der Waals surface area contributed by atoms with Crippen molar-refractivity contribution in [3.8, 4) is 11.4 Å².